The van der Waals surface area contributed by atoms with Gasteiger partial charge in [-0.05, 0) is 35.0 Å². The van der Waals surface area contributed by atoms with Gasteiger partial charge in [-0.3, -0.25) is 4.79 Å². The fourth-order valence-electron chi connectivity index (χ4n) is 1.90. The van der Waals surface area contributed by atoms with Crippen molar-refractivity contribution in [3.05, 3.63) is 35.9 Å². The van der Waals surface area contributed by atoms with Crippen LogP contribution in [0.15, 0.2) is 30.3 Å². The van der Waals surface area contributed by atoms with E-state index in [0.717, 1.165) is 22.7 Å². The molecule has 0 heterocycles. The molecule has 2 aromatic rings. The van der Waals surface area contributed by atoms with Crippen LogP contribution in [0.4, 0.5) is 5.69 Å². The average molecular weight is 253 g/mol. The van der Waals surface area contributed by atoms with Crippen molar-refractivity contribution >= 4 is 22.7 Å². The molecule has 96 valence electrons. The van der Waals surface area contributed by atoms with Gasteiger partial charge in [0.05, 0.1) is 5.56 Å². The van der Waals surface area contributed by atoms with E-state index in [9.17, 15) is 4.79 Å². The molecule has 0 unspecified atom stereocenters. The highest BCUT2D eigenvalue weighted by Gasteiger charge is 2.06. The topological polar surface area (TPSA) is 29.5 Å². The van der Waals surface area contributed by atoms with E-state index >= 15 is 0 Å². The van der Waals surface area contributed by atoms with Crippen molar-refractivity contribution in [2.45, 2.75) is 0 Å². The standard InChI is InChI=1S/C16H15NO2/c1-4-7-19-16-10-13-9-15(17(2)3)6-5-12(13)8-14(16)11-18/h1,5-6,8-11H,7H2,2-3H3. The Balaban J connectivity index is 2.55. The molecule has 0 saturated carbocycles. The van der Waals surface area contributed by atoms with Gasteiger partial charge in [0.25, 0.3) is 0 Å². The molecule has 0 aliphatic carbocycles. The first-order valence-electron chi connectivity index (χ1n) is 5.92. The number of hydrogen-bond acceptors (Lipinski definition) is 3. The summed E-state index contributed by atoms with van der Waals surface area (Å²) in [5.41, 5.74) is 1.61. The van der Waals surface area contributed by atoms with Gasteiger partial charge in [-0.25, -0.2) is 0 Å². The van der Waals surface area contributed by atoms with E-state index in [1.165, 1.54) is 0 Å². The predicted molar refractivity (Wildman–Crippen MR) is 78.0 cm³/mol. The second-order valence-electron chi connectivity index (χ2n) is 4.43. The van der Waals surface area contributed by atoms with Crippen LogP contribution in [0.25, 0.3) is 10.8 Å². The van der Waals surface area contributed by atoms with Gasteiger partial charge in [0.1, 0.15) is 12.4 Å². The van der Waals surface area contributed by atoms with Gasteiger partial charge >= 0.3 is 0 Å². The lowest BCUT2D eigenvalue weighted by atomic mass is 10.1. The van der Waals surface area contributed by atoms with Crippen molar-refractivity contribution in [3.63, 3.8) is 0 Å². The molecular formula is C16H15NO2. The first kappa shape index (κ1) is 13.0. The Morgan fingerprint density at radius 2 is 2.05 bits per heavy atom. The maximum Gasteiger partial charge on any atom is 0.153 e. The highest BCUT2D eigenvalue weighted by molar-refractivity contribution is 5.93. The smallest absolute Gasteiger partial charge is 0.153 e. The summed E-state index contributed by atoms with van der Waals surface area (Å²) in [6, 6.07) is 9.71. The van der Waals surface area contributed by atoms with Crippen LogP contribution in [0, 0.1) is 12.3 Å². The van der Waals surface area contributed by atoms with E-state index < -0.39 is 0 Å². The number of nitrogens with zero attached hydrogens (tertiary/aromatic N) is 1. The van der Waals surface area contributed by atoms with Crippen LogP contribution >= 0.6 is 0 Å². The molecule has 3 heteroatoms. The van der Waals surface area contributed by atoms with Crippen LogP contribution in [-0.4, -0.2) is 27.0 Å². The van der Waals surface area contributed by atoms with Crippen molar-refractivity contribution in [2.75, 3.05) is 25.6 Å². The van der Waals surface area contributed by atoms with Crippen molar-refractivity contribution in [3.8, 4) is 18.1 Å². The zero-order valence-corrected chi connectivity index (χ0v) is 11.0. The Morgan fingerprint density at radius 1 is 1.26 bits per heavy atom. The summed E-state index contributed by atoms with van der Waals surface area (Å²) in [6.45, 7) is 0.152. The molecule has 0 atom stereocenters. The van der Waals surface area contributed by atoms with Gasteiger partial charge in [0, 0.05) is 19.8 Å². The first-order valence-corrected chi connectivity index (χ1v) is 5.92. The van der Waals surface area contributed by atoms with Crippen LogP contribution in [-0.2, 0) is 0 Å². The second-order valence-corrected chi connectivity index (χ2v) is 4.43. The number of terminal acetylenes is 1. The molecule has 0 amide bonds. The maximum absolute atomic E-state index is 11.1. The number of carbonyl (C=O) groups is 1. The summed E-state index contributed by atoms with van der Waals surface area (Å²) in [5.74, 6) is 2.92. The lowest BCUT2D eigenvalue weighted by Gasteiger charge is -2.14. The van der Waals surface area contributed by atoms with E-state index in [1.807, 2.05) is 49.3 Å². The average Bonchev–Trinajstić information content (AvgIpc) is 2.43. The molecule has 0 aliphatic rings. The van der Waals surface area contributed by atoms with Crippen molar-refractivity contribution in [1.82, 2.24) is 0 Å². The summed E-state index contributed by atoms with van der Waals surface area (Å²) >= 11 is 0. The lowest BCUT2D eigenvalue weighted by Crippen LogP contribution is -2.08. The SMILES string of the molecule is C#CCOc1cc2cc(N(C)C)ccc2cc1C=O. The number of fused-ring (bicyclic) bond motifs is 1. The number of hydrogen-bond donors (Lipinski definition) is 0. The van der Waals surface area contributed by atoms with Gasteiger partial charge in [0.15, 0.2) is 6.29 Å². The Morgan fingerprint density at radius 3 is 2.68 bits per heavy atom. The van der Waals surface area contributed by atoms with E-state index in [0.29, 0.717) is 11.3 Å². The molecule has 0 aromatic heterocycles. The Labute approximate surface area is 112 Å². The van der Waals surface area contributed by atoms with Gasteiger partial charge in [-0.1, -0.05) is 12.0 Å². The predicted octanol–water partition coefficient (Wildman–Crippen LogP) is 2.73. The molecule has 19 heavy (non-hydrogen) atoms. The summed E-state index contributed by atoms with van der Waals surface area (Å²) in [7, 11) is 3.97. The normalized spacial score (nSPS) is 9.95. The van der Waals surface area contributed by atoms with Crippen LogP contribution in [0.2, 0.25) is 0 Å². The monoisotopic (exact) mass is 253 g/mol. The number of ether oxygens (including phenoxy) is 1. The number of benzene rings is 2. The largest absolute Gasteiger partial charge is 0.480 e. The number of carbonyl (C=O) groups excluding carboxylic acids is 1. The van der Waals surface area contributed by atoms with Crippen molar-refractivity contribution in [1.29, 1.82) is 0 Å². The zero-order valence-electron chi connectivity index (χ0n) is 11.0. The summed E-state index contributed by atoms with van der Waals surface area (Å²) < 4.78 is 5.40. The third-order valence-electron chi connectivity index (χ3n) is 2.91. The van der Waals surface area contributed by atoms with Crippen molar-refractivity contribution in [2.24, 2.45) is 0 Å². The highest BCUT2D eigenvalue weighted by Crippen LogP contribution is 2.28. The zero-order chi connectivity index (χ0) is 13.8. The van der Waals surface area contributed by atoms with E-state index in [4.69, 9.17) is 11.2 Å². The first-order chi connectivity index (χ1) is 9.15. The van der Waals surface area contributed by atoms with Gasteiger partial charge in [-0.2, -0.15) is 0 Å². The summed E-state index contributed by atoms with van der Waals surface area (Å²) in [5, 5.41) is 2.02. The Kier molecular flexibility index (Phi) is 3.72. The molecule has 0 N–H and O–H groups in total. The van der Waals surface area contributed by atoms with E-state index in [2.05, 4.69) is 5.92 Å². The molecule has 0 fully saturated rings. The van der Waals surface area contributed by atoms with Crippen LogP contribution in [0.3, 0.4) is 0 Å². The minimum atomic E-state index is 0.152. The molecular weight excluding hydrogens is 238 g/mol. The second kappa shape index (κ2) is 5.45. The number of aldehydes is 1. The Bertz CT molecular complexity index is 654. The molecule has 2 aromatic carbocycles. The third kappa shape index (κ3) is 2.69. The van der Waals surface area contributed by atoms with Gasteiger partial charge < -0.3 is 9.64 Å². The third-order valence-corrected chi connectivity index (χ3v) is 2.91. The molecule has 0 saturated heterocycles. The highest BCUT2D eigenvalue weighted by atomic mass is 16.5. The quantitative estimate of drug-likeness (QED) is 0.620. The van der Waals surface area contributed by atoms with Gasteiger partial charge in [-0.15, -0.1) is 6.42 Å². The summed E-state index contributed by atoms with van der Waals surface area (Å²) in [4.78, 5) is 13.1. The van der Waals surface area contributed by atoms with Crippen LogP contribution < -0.4 is 9.64 Å². The van der Waals surface area contributed by atoms with E-state index in [-0.39, 0.29) is 6.61 Å². The van der Waals surface area contributed by atoms with Crippen LogP contribution in [0.1, 0.15) is 10.4 Å². The molecule has 0 radical (unpaired) electrons. The maximum atomic E-state index is 11.1. The minimum Gasteiger partial charge on any atom is -0.480 e. The Hall–Kier alpha value is -2.47. The van der Waals surface area contributed by atoms with Crippen molar-refractivity contribution < 1.29 is 9.53 Å². The van der Waals surface area contributed by atoms with Crippen LogP contribution in [0.5, 0.6) is 5.75 Å². The van der Waals surface area contributed by atoms with E-state index in [1.54, 1.807) is 0 Å². The molecule has 0 aliphatic heterocycles. The molecule has 3 nitrogen and oxygen atoms in total. The molecule has 0 bridgehead atoms. The molecule has 0 spiro atoms. The number of anilines is 1. The summed E-state index contributed by atoms with van der Waals surface area (Å²) in [6.07, 6.45) is 5.96. The fourth-order valence-corrected chi connectivity index (χ4v) is 1.90. The minimum absolute atomic E-state index is 0.152. The number of rotatable bonds is 4. The molecule has 2 rings (SSSR count). The van der Waals surface area contributed by atoms with Gasteiger partial charge in [0.2, 0.25) is 0 Å². The fraction of sp³-hybridized carbons (Fsp3) is 0.188. The lowest BCUT2D eigenvalue weighted by molar-refractivity contribution is 0.112.